The third-order valence-corrected chi connectivity index (χ3v) is 2.88. The number of amides is 1. The fourth-order valence-corrected chi connectivity index (χ4v) is 2.06. The Labute approximate surface area is 108 Å². The average Bonchev–Trinajstić information content (AvgIpc) is 2.42. The van der Waals surface area contributed by atoms with Crippen molar-refractivity contribution in [1.82, 2.24) is 5.32 Å². The Hall–Kier alpha value is -2.09. The number of likely N-dealkylation sites (N-methyl/N-ethyl adjacent to an activating group) is 1. The van der Waals surface area contributed by atoms with E-state index in [0.717, 1.165) is 11.1 Å². The van der Waals surface area contributed by atoms with Gasteiger partial charge in [-0.2, -0.15) is 0 Å². The molecule has 0 spiro atoms. The molecule has 0 heterocycles. The van der Waals surface area contributed by atoms with Gasteiger partial charge in [0, 0.05) is 6.54 Å². The molecule has 0 aliphatic heterocycles. The molecule has 2 heteroatoms. The van der Waals surface area contributed by atoms with Crippen LogP contribution in [0.3, 0.4) is 0 Å². The Morgan fingerprint density at radius 1 is 0.944 bits per heavy atom. The van der Waals surface area contributed by atoms with Crippen LogP contribution in [0, 0.1) is 0 Å². The van der Waals surface area contributed by atoms with E-state index in [9.17, 15) is 4.79 Å². The Bertz CT molecular complexity index is 454. The predicted molar refractivity (Wildman–Crippen MR) is 73.4 cm³/mol. The molecule has 18 heavy (non-hydrogen) atoms. The standard InChI is InChI=1S/C16H17NO/c1-2-17-16(18)15(13-9-5-3-6-10-13)14-11-7-4-8-12-14/h3-12,15H,2H2,1H3,(H,17,18). The van der Waals surface area contributed by atoms with Crippen molar-refractivity contribution in [2.75, 3.05) is 6.54 Å². The summed E-state index contributed by atoms with van der Waals surface area (Å²) in [5.41, 5.74) is 2.05. The van der Waals surface area contributed by atoms with Crippen molar-refractivity contribution in [2.24, 2.45) is 0 Å². The zero-order chi connectivity index (χ0) is 12.8. The third-order valence-electron chi connectivity index (χ3n) is 2.88. The van der Waals surface area contributed by atoms with Crippen LogP contribution in [0.15, 0.2) is 60.7 Å². The highest BCUT2D eigenvalue weighted by atomic mass is 16.1. The highest BCUT2D eigenvalue weighted by molar-refractivity contribution is 5.87. The summed E-state index contributed by atoms with van der Waals surface area (Å²) in [5.74, 6) is -0.178. The summed E-state index contributed by atoms with van der Waals surface area (Å²) in [6.45, 7) is 2.58. The summed E-state index contributed by atoms with van der Waals surface area (Å²) in [7, 11) is 0. The van der Waals surface area contributed by atoms with Crippen molar-refractivity contribution >= 4 is 5.91 Å². The largest absolute Gasteiger partial charge is 0.356 e. The molecule has 2 rings (SSSR count). The summed E-state index contributed by atoms with van der Waals surface area (Å²) < 4.78 is 0. The minimum absolute atomic E-state index is 0.0508. The minimum atomic E-state index is -0.229. The van der Waals surface area contributed by atoms with Crippen LogP contribution in [0.25, 0.3) is 0 Å². The summed E-state index contributed by atoms with van der Waals surface area (Å²) >= 11 is 0. The lowest BCUT2D eigenvalue weighted by Crippen LogP contribution is -2.29. The van der Waals surface area contributed by atoms with E-state index < -0.39 is 0 Å². The maximum atomic E-state index is 12.2. The summed E-state index contributed by atoms with van der Waals surface area (Å²) in [5, 5.41) is 2.90. The van der Waals surface area contributed by atoms with E-state index in [1.54, 1.807) is 0 Å². The highest BCUT2D eigenvalue weighted by Gasteiger charge is 2.21. The number of benzene rings is 2. The lowest BCUT2D eigenvalue weighted by Gasteiger charge is -2.17. The molecule has 1 N–H and O–H groups in total. The second kappa shape index (κ2) is 6.01. The van der Waals surface area contributed by atoms with Gasteiger partial charge in [-0.25, -0.2) is 0 Å². The molecular formula is C16H17NO. The van der Waals surface area contributed by atoms with Crippen LogP contribution in [0.1, 0.15) is 24.0 Å². The van der Waals surface area contributed by atoms with Crippen LogP contribution in [0.4, 0.5) is 0 Å². The van der Waals surface area contributed by atoms with E-state index in [2.05, 4.69) is 5.32 Å². The maximum absolute atomic E-state index is 12.2. The third kappa shape index (κ3) is 2.77. The number of hydrogen-bond acceptors (Lipinski definition) is 1. The molecule has 2 aromatic carbocycles. The Kier molecular flexibility index (Phi) is 4.13. The van der Waals surface area contributed by atoms with E-state index in [4.69, 9.17) is 0 Å². The van der Waals surface area contributed by atoms with Gasteiger partial charge in [0.15, 0.2) is 0 Å². The zero-order valence-electron chi connectivity index (χ0n) is 10.5. The molecule has 2 nitrogen and oxygen atoms in total. The zero-order valence-corrected chi connectivity index (χ0v) is 10.5. The van der Waals surface area contributed by atoms with Crippen LogP contribution in [-0.2, 0) is 4.79 Å². The summed E-state index contributed by atoms with van der Waals surface area (Å²) in [6, 6.07) is 19.7. The molecule has 2 aromatic rings. The number of hydrogen-bond donors (Lipinski definition) is 1. The van der Waals surface area contributed by atoms with Gasteiger partial charge in [0.25, 0.3) is 0 Å². The van der Waals surface area contributed by atoms with Crippen molar-refractivity contribution in [3.63, 3.8) is 0 Å². The van der Waals surface area contributed by atoms with Gasteiger partial charge in [-0.3, -0.25) is 4.79 Å². The fraction of sp³-hybridized carbons (Fsp3) is 0.188. The monoisotopic (exact) mass is 239 g/mol. The van der Waals surface area contributed by atoms with Gasteiger partial charge < -0.3 is 5.32 Å². The first-order chi connectivity index (χ1) is 8.83. The van der Waals surface area contributed by atoms with Crippen molar-refractivity contribution in [2.45, 2.75) is 12.8 Å². The molecule has 0 radical (unpaired) electrons. The second-order valence-corrected chi connectivity index (χ2v) is 4.15. The molecule has 0 bridgehead atoms. The van der Waals surface area contributed by atoms with Crippen LogP contribution < -0.4 is 5.32 Å². The lowest BCUT2D eigenvalue weighted by atomic mass is 9.90. The van der Waals surface area contributed by atoms with Crippen LogP contribution in [-0.4, -0.2) is 12.5 Å². The highest BCUT2D eigenvalue weighted by Crippen LogP contribution is 2.24. The molecule has 0 unspecified atom stereocenters. The van der Waals surface area contributed by atoms with Crippen LogP contribution in [0.2, 0.25) is 0 Å². The van der Waals surface area contributed by atoms with E-state index in [0.29, 0.717) is 6.54 Å². The first kappa shape index (κ1) is 12.4. The number of nitrogens with one attached hydrogen (secondary N) is 1. The molecule has 0 aliphatic rings. The SMILES string of the molecule is CCNC(=O)C(c1ccccc1)c1ccccc1. The van der Waals surface area contributed by atoms with Crippen molar-refractivity contribution in [1.29, 1.82) is 0 Å². The molecule has 92 valence electrons. The average molecular weight is 239 g/mol. The van der Waals surface area contributed by atoms with Crippen LogP contribution in [0.5, 0.6) is 0 Å². The summed E-state index contributed by atoms with van der Waals surface area (Å²) in [4.78, 5) is 12.2. The molecule has 0 aromatic heterocycles. The topological polar surface area (TPSA) is 29.1 Å². The van der Waals surface area contributed by atoms with Gasteiger partial charge in [0.2, 0.25) is 5.91 Å². The molecule has 1 amide bonds. The van der Waals surface area contributed by atoms with Crippen molar-refractivity contribution in [3.05, 3.63) is 71.8 Å². The Morgan fingerprint density at radius 2 is 1.39 bits per heavy atom. The molecule has 0 atom stereocenters. The fourth-order valence-electron chi connectivity index (χ4n) is 2.06. The lowest BCUT2D eigenvalue weighted by molar-refractivity contribution is -0.121. The van der Waals surface area contributed by atoms with Crippen molar-refractivity contribution < 1.29 is 4.79 Å². The van der Waals surface area contributed by atoms with Gasteiger partial charge in [-0.05, 0) is 18.1 Å². The van der Waals surface area contributed by atoms with E-state index in [1.165, 1.54) is 0 Å². The smallest absolute Gasteiger partial charge is 0.231 e. The molecule has 0 saturated heterocycles. The summed E-state index contributed by atoms with van der Waals surface area (Å²) in [6.07, 6.45) is 0. The first-order valence-electron chi connectivity index (χ1n) is 6.20. The molecule has 0 aliphatic carbocycles. The minimum Gasteiger partial charge on any atom is -0.356 e. The van der Waals surface area contributed by atoms with E-state index in [1.807, 2.05) is 67.6 Å². The Morgan fingerprint density at radius 3 is 1.78 bits per heavy atom. The van der Waals surface area contributed by atoms with Gasteiger partial charge in [-0.1, -0.05) is 60.7 Å². The maximum Gasteiger partial charge on any atom is 0.231 e. The second-order valence-electron chi connectivity index (χ2n) is 4.15. The first-order valence-corrected chi connectivity index (χ1v) is 6.20. The quantitative estimate of drug-likeness (QED) is 0.873. The molecule has 0 fully saturated rings. The number of carbonyl (C=O) groups is 1. The molecular weight excluding hydrogens is 222 g/mol. The van der Waals surface area contributed by atoms with Gasteiger partial charge in [-0.15, -0.1) is 0 Å². The van der Waals surface area contributed by atoms with Crippen molar-refractivity contribution in [3.8, 4) is 0 Å². The normalized spacial score (nSPS) is 10.3. The predicted octanol–water partition coefficient (Wildman–Crippen LogP) is 2.95. The number of rotatable bonds is 4. The number of carbonyl (C=O) groups excluding carboxylic acids is 1. The van der Waals surface area contributed by atoms with Crippen LogP contribution >= 0.6 is 0 Å². The molecule has 0 saturated carbocycles. The van der Waals surface area contributed by atoms with E-state index >= 15 is 0 Å². The van der Waals surface area contributed by atoms with Gasteiger partial charge in [0.05, 0.1) is 5.92 Å². The Balaban J connectivity index is 2.38. The van der Waals surface area contributed by atoms with Gasteiger partial charge >= 0.3 is 0 Å². The van der Waals surface area contributed by atoms with Gasteiger partial charge in [0.1, 0.15) is 0 Å². The van der Waals surface area contributed by atoms with E-state index in [-0.39, 0.29) is 11.8 Å².